The first-order valence-electron chi connectivity index (χ1n) is 5.75. The number of nitrogens with one attached hydrogen (secondary N) is 1. The molecule has 0 aliphatic rings. The predicted octanol–water partition coefficient (Wildman–Crippen LogP) is 4.00. The van der Waals surface area contributed by atoms with Crippen LogP contribution >= 0.6 is 24.0 Å². The van der Waals surface area contributed by atoms with Gasteiger partial charge in [0.2, 0.25) is 0 Å². The fraction of sp³-hybridized carbons (Fsp3) is 0.357. The van der Waals surface area contributed by atoms with E-state index in [9.17, 15) is 0 Å². The van der Waals surface area contributed by atoms with Crippen LogP contribution in [0.2, 0.25) is 0 Å². The molecule has 0 spiro atoms. The van der Waals surface area contributed by atoms with Gasteiger partial charge in [-0.2, -0.15) is 0 Å². The van der Waals surface area contributed by atoms with Crippen LogP contribution in [0.25, 0.3) is 0 Å². The van der Waals surface area contributed by atoms with Crippen molar-refractivity contribution < 1.29 is 0 Å². The maximum absolute atomic E-state index is 5.41. The molecular weight excluding hydrogens is 246 g/mol. The highest BCUT2D eigenvalue weighted by atomic mass is 32.2. The lowest BCUT2D eigenvalue weighted by Crippen LogP contribution is -2.32. The van der Waals surface area contributed by atoms with Crippen molar-refractivity contribution in [2.24, 2.45) is 0 Å². The van der Waals surface area contributed by atoms with Crippen LogP contribution in [0, 0.1) is 0 Å². The number of benzene rings is 1. The van der Waals surface area contributed by atoms with Gasteiger partial charge in [-0.1, -0.05) is 62.5 Å². The van der Waals surface area contributed by atoms with Gasteiger partial charge >= 0.3 is 0 Å². The highest BCUT2D eigenvalue weighted by Gasteiger charge is 2.11. The van der Waals surface area contributed by atoms with E-state index in [2.05, 4.69) is 25.7 Å². The smallest absolute Gasteiger partial charge is 0.107 e. The normalized spacial score (nSPS) is 12.2. The molecule has 3 heteroatoms. The van der Waals surface area contributed by atoms with Crippen molar-refractivity contribution in [2.45, 2.75) is 30.9 Å². The first-order valence-corrected chi connectivity index (χ1v) is 7.11. The van der Waals surface area contributed by atoms with E-state index in [1.54, 1.807) is 0 Å². The fourth-order valence-electron chi connectivity index (χ4n) is 1.45. The van der Waals surface area contributed by atoms with Crippen LogP contribution in [0.1, 0.15) is 25.8 Å². The topological polar surface area (TPSA) is 12.0 Å². The second-order valence-corrected chi connectivity index (χ2v) is 6.23. The molecular formula is C14H19NS2. The monoisotopic (exact) mass is 265 g/mol. The molecule has 92 valence electrons. The minimum Gasteiger partial charge on any atom is -0.364 e. The second kappa shape index (κ2) is 7.51. The Bertz CT molecular complexity index is 360. The van der Waals surface area contributed by atoms with E-state index < -0.39 is 0 Å². The SMILES string of the molecule is C=CCC(NC(=S)c1ccccc1)SC(C)C. The minimum absolute atomic E-state index is 0.306. The van der Waals surface area contributed by atoms with E-state index in [0.717, 1.165) is 17.0 Å². The van der Waals surface area contributed by atoms with Crippen LogP contribution in [0.3, 0.4) is 0 Å². The zero-order chi connectivity index (χ0) is 12.7. The van der Waals surface area contributed by atoms with Gasteiger partial charge in [-0.05, 0) is 6.42 Å². The van der Waals surface area contributed by atoms with Gasteiger partial charge in [0.15, 0.2) is 0 Å². The van der Waals surface area contributed by atoms with Crippen LogP contribution in [0.5, 0.6) is 0 Å². The first kappa shape index (κ1) is 14.3. The molecule has 17 heavy (non-hydrogen) atoms. The van der Waals surface area contributed by atoms with E-state index in [1.165, 1.54) is 0 Å². The molecule has 0 amide bonds. The molecule has 1 N–H and O–H groups in total. The van der Waals surface area contributed by atoms with Crippen molar-refractivity contribution in [1.29, 1.82) is 0 Å². The predicted molar refractivity (Wildman–Crippen MR) is 82.6 cm³/mol. The van der Waals surface area contributed by atoms with Crippen LogP contribution in [-0.2, 0) is 0 Å². The highest BCUT2D eigenvalue weighted by Crippen LogP contribution is 2.19. The zero-order valence-electron chi connectivity index (χ0n) is 10.3. The van der Waals surface area contributed by atoms with E-state index >= 15 is 0 Å². The highest BCUT2D eigenvalue weighted by molar-refractivity contribution is 8.00. The summed E-state index contributed by atoms with van der Waals surface area (Å²) in [6.45, 7) is 8.17. The third-order valence-electron chi connectivity index (χ3n) is 2.15. The quantitative estimate of drug-likeness (QED) is 0.474. The van der Waals surface area contributed by atoms with Gasteiger partial charge < -0.3 is 5.32 Å². The summed E-state index contributed by atoms with van der Waals surface area (Å²) in [7, 11) is 0. The Morgan fingerprint density at radius 2 is 2.06 bits per heavy atom. The van der Waals surface area contributed by atoms with E-state index in [-0.39, 0.29) is 0 Å². The fourth-order valence-corrected chi connectivity index (χ4v) is 2.89. The Labute approximate surface area is 114 Å². The summed E-state index contributed by atoms with van der Waals surface area (Å²) in [4.78, 5) is 0.811. The molecule has 0 fully saturated rings. The lowest BCUT2D eigenvalue weighted by atomic mass is 10.2. The molecule has 0 saturated heterocycles. The number of hydrogen-bond donors (Lipinski definition) is 1. The molecule has 1 unspecified atom stereocenters. The molecule has 1 rings (SSSR count). The lowest BCUT2D eigenvalue weighted by Gasteiger charge is -2.20. The molecule has 0 saturated carbocycles. The number of thiocarbonyl (C=S) groups is 1. The molecule has 0 radical (unpaired) electrons. The lowest BCUT2D eigenvalue weighted by molar-refractivity contribution is 0.828. The summed E-state index contributed by atoms with van der Waals surface area (Å²) >= 11 is 7.28. The van der Waals surface area contributed by atoms with Gasteiger partial charge in [0.05, 0.1) is 5.37 Å². The standard InChI is InChI=1S/C14H19NS2/c1-4-8-13(17-11(2)3)15-14(16)12-9-6-5-7-10-12/h4-7,9-11,13H,1,8H2,2-3H3,(H,15,16). The van der Waals surface area contributed by atoms with Crippen molar-refractivity contribution in [1.82, 2.24) is 5.32 Å². The van der Waals surface area contributed by atoms with Crippen LogP contribution in [0.15, 0.2) is 43.0 Å². The van der Waals surface area contributed by atoms with Crippen molar-refractivity contribution in [3.63, 3.8) is 0 Å². The summed E-state index contributed by atoms with van der Waals surface area (Å²) in [6, 6.07) is 10.1. The maximum atomic E-state index is 5.41. The van der Waals surface area contributed by atoms with Gasteiger partial charge in [0.25, 0.3) is 0 Å². The Morgan fingerprint density at radius 3 is 2.59 bits per heavy atom. The van der Waals surface area contributed by atoms with Gasteiger partial charge in [0, 0.05) is 10.8 Å². The van der Waals surface area contributed by atoms with Gasteiger partial charge in [0.1, 0.15) is 4.99 Å². The molecule has 0 aliphatic carbocycles. The Kier molecular flexibility index (Phi) is 6.30. The maximum Gasteiger partial charge on any atom is 0.107 e. The van der Waals surface area contributed by atoms with Crippen molar-refractivity contribution in [3.05, 3.63) is 48.6 Å². The van der Waals surface area contributed by atoms with Gasteiger partial charge in [-0.15, -0.1) is 18.3 Å². The summed E-state index contributed by atoms with van der Waals surface area (Å²) in [5, 5.41) is 4.27. The largest absolute Gasteiger partial charge is 0.364 e. The van der Waals surface area contributed by atoms with E-state index in [0.29, 0.717) is 10.6 Å². The van der Waals surface area contributed by atoms with Crippen molar-refractivity contribution in [2.75, 3.05) is 0 Å². The molecule has 0 heterocycles. The number of rotatable bonds is 6. The average molecular weight is 265 g/mol. The third-order valence-corrected chi connectivity index (χ3v) is 3.68. The zero-order valence-corrected chi connectivity index (χ0v) is 12.0. The van der Waals surface area contributed by atoms with Gasteiger partial charge in [-0.3, -0.25) is 0 Å². The summed E-state index contributed by atoms with van der Waals surface area (Å²) in [5.41, 5.74) is 1.07. The Morgan fingerprint density at radius 1 is 1.41 bits per heavy atom. The summed E-state index contributed by atoms with van der Waals surface area (Å²) in [5.74, 6) is 0. The Hall–Kier alpha value is -0.800. The molecule has 1 aromatic rings. The van der Waals surface area contributed by atoms with Gasteiger partial charge in [-0.25, -0.2) is 0 Å². The summed E-state index contributed by atoms with van der Waals surface area (Å²) < 4.78 is 0. The average Bonchev–Trinajstić information content (AvgIpc) is 2.29. The van der Waals surface area contributed by atoms with Crippen LogP contribution in [0.4, 0.5) is 0 Å². The molecule has 1 aromatic carbocycles. The van der Waals surface area contributed by atoms with E-state index in [4.69, 9.17) is 12.2 Å². The minimum atomic E-state index is 0.306. The second-order valence-electron chi connectivity index (χ2n) is 4.04. The first-order chi connectivity index (χ1) is 8.13. The van der Waals surface area contributed by atoms with Crippen LogP contribution in [-0.4, -0.2) is 15.6 Å². The molecule has 1 nitrogen and oxygen atoms in total. The Balaban J connectivity index is 2.60. The molecule has 0 aromatic heterocycles. The molecule has 1 atom stereocenters. The summed E-state index contributed by atoms with van der Waals surface area (Å²) in [6.07, 6.45) is 2.84. The van der Waals surface area contributed by atoms with Crippen LogP contribution < -0.4 is 5.32 Å². The number of hydrogen-bond acceptors (Lipinski definition) is 2. The van der Waals surface area contributed by atoms with Crippen molar-refractivity contribution >= 4 is 29.0 Å². The van der Waals surface area contributed by atoms with E-state index in [1.807, 2.05) is 48.2 Å². The molecule has 0 bridgehead atoms. The molecule has 0 aliphatic heterocycles. The third kappa shape index (κ3) is 5.37. The number of thioether (sulfide) groups is 1. The van der Waals surface area contributed by atoms with Crippen molar-refractivity contribution in [3.8, 4) is 0 Å².